The molecular weight excluding hydrogens is 232 g/mol. The largest absolute Gasteiger partial charge is 0.325 e. The summed E-state index contributed by atoms with van der Waals surface area (Å²) in [6.45, 7) is 0. The summed E-state index contributed by atoms with van der Waals surface area (Å²) >= 11 is 5.94. The first-order valence-electron chi connectivity index (χ1n) is 5.99. The molecule has 17 heavy (non-hydrogen) atoms. The Hall–Kier alpha value is -1.12. The van der Waals surface area contributed by atoms with Crippen molar-refractivity contribution in [3.05, 3.63) is 41.0 Å². The fourth-order valence-electron chi connectivity index (χ4n) is 2.07. The lowest BCUT2D eigenvalue weighted by molar-refractivity contribution is 0.604. The van der Waals surface area contributed by atoms with Gasteiger partial charge in [0.1, 0.15) is 0 Å². The average molecular weight is 247 g/mol. The summed E-state index contributed by atoms with van der Waals surface area (Å²) in [5.74, 6) is 0. The Balaban J connectivity index is 1.83. The Bertz CT molecular complexity index is 561. The van der Waals surface area contributed by atoms with Gasteiger partial charge in [-0.15, -0.1) is 0 Å². The minimum Gasteiger partial charge on any atom is -0.325 e. The number of benzene rings is 1. The molecule has 0 saturated heterocycles. The van der Waals surface area contributed by atoms with Gasteiger partial charge in [0.15, 0.2) is 0 Å². The smallest absolute Gasteiger partial charge is 0.0706 e. The van der Waals surface area contributed by atoms with Gasteiger partial charge >= 0.3 is 0 Å². The lowest BCUT2D eigenvalue weighted by Crippen LogP contribution is -2.22. The molecule has 1 saturated carbocycles. The number of halogens is 1. The second kappa shape index (κ2) is 3.97. The van der Waals surface area contributed by atoms with E-state index in [1.165, 1.54) is 0 Å². The van der Waals surface area contributed by atoms with Crippen molar-refractivity contribution in [3.63, 3.8) is 0 Å². The first kappa shape index (κ1) is 11.0. The zero-order valence-corrected chi connectivity index (χ0v) is 10.4. The number of nitrogens with zero attached hydrogens (tertiary/aromatic N) is 1. The molecular formula is C14H15ClN2. The quantitative estimate of drug-likeness (QED) is 0.903. The maximum atomic E-state index is 6.08. The molecule has 0 amide bonds. The highest BCUT2D eigenvalue weighted by Gasteiger charge is 2.37. The number of aryl methyl sites for hydroxylation is 1. The fourth-order valence-corrected chi connectivity index (χ4v) is 2.25. The summed E-state index contributed by atoms with van der Waals surface area (Å²) in [5.41, 5.74) is 8.32. The normalized spacial score (nSPS) is 17.3. The Kier molecular flexibility index (Phi) is 2.57. The minimum absolute atomic E-state index is 0.108. The van der Waals surface area contributed by atoms with Gasteiger partial charge in [0.2, 0.25) is 0 Å². The minimum atomic E-state index is 0.108. The van der Waals surface area contributed by atoms with E-state index in [9.17, 15) is 0 Å². The third kappa shape index (κ3) is 2.43. The standard InChI is InChI=1S/C14H15ClN2/c15-11-2-4-13-10(9-11)1-3-12(17-13)5-6-14(16)7-8-14/h1-4,9H,5-8,16H2. The molecule has 1 fully saturated rings. The molecule has 0 spiro atoms. The van der Waals surface area contributed by atoms with Gasteiger partial charge in [0, 0.05) is 21.6 Å². The predicted octanol–water partition coefficient (Wildman–Crippen LogP) is 3.31. The van der Waals surface area contributed by atoms with Crippen LogP contribution in [-0.2, 0) is 6.42 Å². The van der Waals surface area contributed by atoms with E-state index in [0.29, 0.717) is 0 Å². The molecule has 2 N–H and O–H groups in total. The highest BCUT2D eigenvalue weighted by Crippen LogP contribution is 2.36. The fraction of sp³-hybridized carbons (Fsp3) is 0.357. The number of nitrogens with two attached hydrogens (primary N) is 1. The molecule has 2 aromatic rings. The van der Waals surface area contributed by atoms with Crippen LogP contribution in [0.3, 0.4) is 0 Å². The van der Waals surface area contributed by atoms with Gasteiger partial charge < -0.3 is 5.73 Å². The van der Waals surface area contributed by atoms with Crippen LogP contribution in [0.25, 0.3) is 10.9 Å². The molecule has 2 nitrogen and oxygen atoms in total. The van der Waals surface area contributed by atoms with Crippen LogP contribution >= 0.6 is 11.6 Å². The first-order chi connectivity index (χ1) is 8.15. The molecule has 1 heterocycles. The summed E-state index contributed by atoms with van der Waals surface area (Å²) in [4.78, 5) is 4.63. The number of rotatable bonds is 3. The van der Waals surface area contributed by atoms with Crippen molar-refractivity contribution in [2.75, 3.05) is 0 Å². The molecule has 3 rings (SSSR count). The zero-order valence-electron chi connectivity index (χ0n) is 9.62. The van der Waals surface area contributed by atoms with Crippen molar-refractivity contribution in [1.82, 2.24) is 4.98 Å². The number of hydrogen-bond donors (Lipinski definition) is 1. The lowest BCUT2D eigenvalue weighted by Gasteiger charge is -2.08. The highest BCUT2D eigenvalue weighted by molar-refractivity contribution is 6.31. The summed E-state index contributed by atoms with van der Waals surface area (Å²) in [7, 11) is 0. The van der Waals surface area contributed by atoms with E-state index in [4.69, 9.17) is 17.3 Å². The SMILES string of the molecule is NC1(CCc2ccc3cc(Cl)ccc3n2)CC1. The second-order valence-corrected chi connectivity index (χ2v) is 5.44. The molecule has 3 heteroatoms. The predicted molar refractivity (Wildman–Crippen MR) is 71.2 cm³/mol. The van der Waals surface area contributed by atoms with Crippen molar-refractivity contribution in [3.8, 4) is 0 Å². The molecule has 1 aromatic carbocycles. The molecule has 1 aliphatic rings. The molecule has 0 bridgehead atoms. The third-order valence-electron chi connectivity index (χ3n) is 3.48. The van der Waals surface area contributed by atoms with Crippen LogP contribution in [0.4, 0.5) is 0 Å². The molecule has 88 valence electrons. The first-order valence-corrected chi connectivity index (χ1v) is 6.37. The lowest BCUT2D eigenvalue weighted by atomic mass is 10.1. The van der Waals surface area contributed by atoms with Gasteiger partial charge in [-0.3, -0.25) is 4.98 Å². The highest BCUT2D eigenvalue weighted by atomic mass is 35.5. The number of aromatic nitrogens is 1. The number of pyridine rings is 1. The molecule has 0 radical (unpaired) electrons. The number of hydrogen-bond acceptors (Lipinski definition) is 2. The van der Waals surface area contributed by atoms with E-state index < -0.39 is 0 Å². The van der Waals surface area contributed by atoms with E-state index >= 15 is 0 Å². The Morgan fingerprint density at radius 2 is 2.06 bits per heavy atom. The van der Waals surface area contributed by atoms with Gasteiger partial charge in [-0.1, -0.05) is 17.7 Å². The summed E-state index contributed by atoms with van der Waals surface area (Å²) in [5, 5.41) is 1.85. The summed E-state index contributed by atoms with van der Waals surface area (Å²) < 4.78 is 0. The second-order valence-electron chi connectivity index (χ2n) is 5.00. The van der Waals surface area contributed by atoms with Gasteiger partial charge in [-0.2, -0.15) is 0 Å². The van der Waals surface area contributed by atoms with Crippen LogP contribution in [0.15, 0.2) is 30.3 Å². The molecule has 0 atom stereocenters. The Morgan fingerprint density at radius 3 is 2.82 bits per heavy atom. The molecule has 0 unspecified atom stereocenters. The van der Waals surface area contributed by atoms with E-state index in [1.807, 2.05) is 18.2 Å². The molecule has 1 aliphatic carbocycles. The Morgan fingerprint density at radius 1 is 1.24 bits per heavy atom. The van der Waals surface area contributed by atoms with Crippen LogP contribution in [0.5, 0.6) is 0 Å². The maximum absolute atomic E-state index is 6.08. The zero-order chi connectivity index (χ0) is 11.9. The monoisotopic (exact) mass is 246 g/mol. The van der Waals surface area contributed by atoms with Gasteiger partial charge in [-0.05, 0) is 49.9 Å². The van der Waals surface area contributed by atoms with E-state index in [-0.39, 0.29) is 5.54 Å². The van der Waals surface area contributed by atoms with Crippen molar-refractivity contribution in [1.29, 1.82) is 0 Å². The van der Waals surface area contributed by atoms with Crippen molar-refractivity contribution in [2.24, 2.45) is 5.73 Å². The van der Waals surface area contributed by atoms with E-state index in [0.717, 1.165) is 47.3 Å². The van der Waals surface area contributed by atoms with Crippen LogP contribution in [0.1, 0.15) is 25.0 Å². The van der Waals surface area contributed by atoms with E-state index in [1.54, 1.807) is 0 Å². The van der Waals surface area contributed by atoms with Gasteiger partial charge in [0.05, 0.1) is 5.52 Å². The molecule has 1 aromatic heterocycles. The van der Waals surface area contributed by atoms with Crippen LogP contribution < -0.4 is 5.73 Å². The van der Waals surface area contributed by atoms with E-state index in [2.05, 4.69) is 17.1 Å². The molecule has 0 aliphatic heterocycles. The van der Waals surface area contributed by atoms with Crippen molar-refractivity contribution in [2.45, 2.75) is 31.2 Å². The maximum Gasteiger partial charge on any atom is 0.0706 e. The third-order valence-corrected chi connectivity index (χ3v) is 3.72. The summed E-state index contributed by atoms with van der Waals surface area (Å²) in [6, 6.07) is 9.95. The van der Waals surface area contributed by atoms with Crippen LogP contribution in [-0.4, -0.2) is 10.5 Å². The van der Waals surface area contributed by atoms with Gasteiger partial charge in [-0.25, -0.2) is 0 Å². The van der Waals surface area contributed by atoms with Gasteiger partial charge in [0.25, 0.3) is 0 Å². The number of fused-ring (bicyclic) bond motifs is 1. The Labute approximate surface area is 106 Å². The topological polar surface area (TPSA) is 38.9 Å². The van der Waals surface area contributed by atoms with Crippen molar-refractivity contribution >= 4 is 22.5 Å². The van der Waals surface area contributed by atoms with Crippen LogP contribution in [0.2, 0.25) is 5.02 Å². The van der Waals surface area contributed by atoms with Crippen LogP contribution in [0, 0.1) is 0 Å². The summed E-state index contributed by atoms with van der Waals surface area (Å²) in [6.07, 6.45) is 4.33. The van der Waals surface area contributed by atoms with Crippen molar-refractivity contribution < 1.29 is 0 Å². The average Bonchev–Trinajstić information content (AvgIpc) is 3.05.